The molecule has 0 aliphatic rings. The molecule has 0 aliphatic carbocycles. The Morgan fingerprint density at radius 2 is 2.38 bits per heavy atom. The van der Waals surface area contributed by atoms with Crippen molar-refractivity contribution in [2.45, 2.75) is 6.54 Å². The number of carbonyl (C=O) groups excluding carboxylic acids is 1. The Kier molecular flexibility index (Phi) is 5.18. The van der Waals surface area contributed by atoms with Crippen LogP contribution in [0.4, 0.5) is 0 Å². The molecular formula is C10H13ClN2O3. The zero-order valence-corrected chi connectivity index (χ0v) is 9.62. The van der Waals surface area contributed by atoms with Crippen molar-refractivity contribution in [3.8, 4) is 0 Å². The molecule has 2 N–H and O–H groups in total. The fourth-order valence-corrected chi connectivity index (χ4v) is 1.40. The molecule has 1 rings (SSSR count). The molecule has 0 amide bonds. The predicted octanol–water partition coefficient (Wildman–Crippen LogP) is 0.603. The standard InChI is InChI=1S/C10H13ClN2O3/c1-16-10(15)8-4-7(5-9(11)13-8)6-12-2-3-14/h4-5,12,14H,2-3,6H2,1H3. The van der Waals surface area contributed by atoms with Gasteiger partial charge in [0.1, 0.15) is 10.8 Å². The van der Waals surface area contributed by atoms with Crippen LogP contribution in [0.3, 0.4) is 0 Å². The number of esters is 1. The van der Waals surface area contributed by atoms with Crippen molar-refractivity contribution >= 4 is 17.6 Å². The fraction of sp³-hybridized carbons (Fsp3) is 0.400. The minimum atomic E-state index is -0.522. The van der Waals surface area contributed by atoms with Gasteiger partial charge in [0.2, 0.25) is 0 Å². The van der Waals surface area contributed by atoms with Crippen molar-refractivity contribution in [2.75, 3.05) is 20.3 Å². The van der Waals surface area contributed by atoms with E-state index < -0.39 is 5.97 Å². The van der Waals surface area contributed by atoms with Crippen LogP contribution >= 0.6 is 11.6 Å². The lowest BCUT2D eigenvalue weighted by Crippen LogP contribution is -2.18. The van der Waals surface area contributed by atoms with E-state index in [0.717, 1.165) is 5.56 Å². The van der Waals surface area contributed by atoms with E-state index in [9.17, 15) is 4.79 Å². The molecule has 0 unspecified atom stereocenters. The van der Waals surface area contributed by atoms with Crippen molar-refractivity contribution in [3.05, 3.63) is 28.5 Å². The third kappa shape index (κ3) is 3.77. The van der Waals surface area contributed by atoms with Crippen LogP contribution in [-0.2, 0) is 11.3 Å². The summed E-state index contributed by atoms with van der Waals surface area (Å²) < 4.78 is 4.55. The summed E-state index contributed by atoms with van der Waals surface area (Å²) in [4.78, 5) is 15.1. The Morgan fingerprint density at radius 3 is 3.00 bits per heavy atom. The Morgan fingerprint density at radius 1 is 1.62 bits per heavy atom. The zero-order chi connectivity index (χ0) is 12.0. The highest BCUT2D eigenvalue weighted by Gasteiger charge is 2.09. The van der Waals surface area contributed by atoms with Gasteiger partial charge in [0.15, 0.2) is 0 Å². The molecule has 0 atom stereocenters. The number of halogens is 1. The van der Waals surface area contributed by atoms with Crippen LogP contribution in [0.2, 0.25) is 5.15 Å². The molecule has 0 saturated carbocycles. The lowest BCUT2D eigenvalue weighted by Gasteiger charge is -2.05. The van der Waals surface area contributed by atoms with Gasteiger partial charge in [0.25, 0.3) is 0 Å². The maximum atomic E-state index is 11.2. The number of ether oxygens (including phenoxy) is 1. The number of hydrogen-bond acceptors (Lipinski definition) is 5. The van der Waals surface area contributed by atoms with E-state index in [1.54, 1.807) is 12.1 Å². The topological polar surface area (TPSA) is 71.5 Å². The number of pyridine rings is 1. The Bertz CT molecular complexity index is 371. The second kappa shape index (κ2) is 6.42. The molecule has 0 aliphatic heterocycles. The first kappa shape index (κ1) is 12.9. The van der Waals surface area contributed by atoms with Gasteiger partial charge in [-0.1, -0.05) is 11.6 Å². The molecule has 0 fully saturated rings. The van der Waals surface area contributed by atoms with Crippen LogP contribution in [0, 0.1) is 0 Å². The van der Waals surface area contributed by atoms with Crippen molar-refractivity contribution in [1.29, 1.82) is 0 Å². The summed E-state index contributed by atoms with van der Waals surface area (Å²) in [6, 6.07) is 3.25. The number of hydrogen-bond donors (Lipinski definition) is 2. The number of nitrogens with one attached hydrogen (secondary N) is 1. The predicted molar refractivity (Wildman–Crippen MR) is 59.4 cm³/mol. The number of carbonyl (C=O) groups is 1. The molecule has 0 spiro atoms. The Labute approximate surface area is 98.4 Å². The first-order chi connectivity index (χ1) is 7.67. The Hall–Kier alpha value is -1.17. The van der Waals surface area contributed by atoms with Crippen molar-refractivity contribution in [2.24, 2.45) is 0 Å². The average molecular weight is 245 g/mol. The van der Waals surface area contributed by atoms with Gasteiger partial charge in [-0.2, -0.15) is 0 Å². The first-order valence-electron chi connectivity index (χ1n) is 4.73. The van der Waals surface area contributed by atoms with Gasteiger partial charge in [0.05, 0.1) is 13.7 Å². The highest BCUT2D eigenvalue weighted by atomic mass is 35.5. The highest BCUT2D eigenvalue weighted by molar-refractivity contribution is 6.29. The normalized spacial score (nSPS) is 10.2. The summed E-state index contributed by atoms with van der Waals surface area (Å²) in [5, 5.41) is 11.8. The number of methoxy groups -OCH3 is 1. The number of aliphatic hydroxyl groups is 1. The SMILES string of the molecule is COC(=O)c1cc(CNCCO)cc(Cl)n1. The van der Waals surface area contributed by atoms with Crippen molar-refractivity contribution in [3.63, 3.8) is 0 Å². The summed E-state index contributed by atoms with van der Waals surface area (Å²) in [5.41, 5.74) is 0.990. The smallest absolute Gasteiger partial charge is 0.356 e. The van der Waals surface area contributed by atoms with Gasteiger partial charge in [-0.15, -0.1) is 0 Å². The molecule has 0 saturated heterocycles. The van der Waals surface area contributed by atoms with E-state index >= 15 is 0 Å². The van der Waals surface area contributed by atoms with Gasteiger partial charge < -0.3 is 15.2 Å². The van der Waals surface area contributed by atoms with E-state index in [1.165, 1.54) is 7.11 Å². The van der Waals surface area contributed by atoms with E-state index in [1.807, 2.05) is 0 Å². The summed E-state index contributed by atoms with van der Waals surface area (Å²) in [6.07, 6.45) is 0. The van der Waals surface area contributed by atoms with E-state index in [0.29, 0.717) is 13.1 Å². The molecule has 0 bridgehead atoms. The van der Waals surface area contributed by atoms with Crippen LogP contribution in [0.5, 0.6) is 0 Å². The van der Waals surface area contributed by atoms with E-state index in [2.05, 4.69) is 15.0 Å². The molecule has 1 heterocycles. The van der Waals surface area contributed by atoms with Gasteiger partial charge in [-0.3, -0.25) is 0 Å². The number of aliphatic hydroxyl groups excluding tert-OH is 1. The number of rotatable bonds is 5. The molecule has 1 aromatic heterocycles. The van der Waals surface area contributed by atoms with Crippen molar-refractivity contribution in [1.82, 2.24) is 10.3 Å². The third-order valence-corrected chi connectivity index (χ3v) is 2.06. The summed E-state index contributed by atoms with van der Waals surface area (Å²) in [6.45, 7) is 1.04. The van der Waals surface area contributed by atoms with Crippen molar-refractivity contribution < 1.29 is 14.6 Å². The molecule has 6 heteroatoms. The second-order valence-corrected chi connectivity index (χ2v) is 3.46. The van der Waals surface area contributed by atoms with E-state index in [-0.39, 0.29) is 17.5 Å². The minimum Gasteiger partial charge on any atom is -0.464 e. The van der Waals surface area contributed by atoms with Gasteiger partial charge in [0, 0.05) is 13.1 Å². The minimum absolute atomic E-state index is 0.0582. The van der Waals surface area contributed by atoms with E-state index in [4.69, 9.17) is 16.7 Å². The maximum Gasteiger partial charge on any atom is 0.356 e. The Balaban J connectivity index is 2.77. The average Bonchev–Trinajstić information content (AvgIpc) is 2.27. The molecule has 16 heavy (non-hydrogen) atoms. The van der Waals surface area contributed by atoms with Gasteiger partial charge in [-0.25, -0.2) is 9.78 Å². The van der Waals surface area contributed by atoms with Gasteiger partial charge in [-0.05, 0) is 17.7 Å². The van der Waals surface area contributed by atoms with Crippen LogP contribution in [-0.4, -0.2) is 36.3 Å². The number of nitrogens with zero attached hydrogens (tertiary/aromatic N) is 1. The van der Waals surface area contributed by atoms with Crippen LogP contribution in [0.15, 0.2) is 12.1 Å². The van der Waals surface area contributed by atoms with Crippen LogP contribution < -0.4 is 5.32 Å². The summed E-state index contributed by atoms with van der Waals surface area (Å²) >= 11 is 5.77. The quantitative estimate of drug-likeness (QED) is 0.451. The maximum absolute atomic E-state index is 11.2. The lowest BCUT2D eigenvalue weighted by atomic mass is 10.2. The highest BCUT2D eigenvalue weighted by Crippen LogP contribution is 2.11. The summed E-state index contributed by atoms with van der Waals surface area (Å²) in [7, 11) is 1.29. The summed E-state index contributed by atoms with van der Waals surface area (Å²) in [5.74, 6) is -0.522. The molecular weight excluding hydrogens is 232 g/mol. The van der Waals surface area contributed by atoms with Crippen LogP contribution in [0.25, 0.3) is 0 Å². The largest absolute Gasteiger partial charge is 0.464 e. The lowest BCUT2D eigenvalue weighted by molar-refractivity contribution is 0.0594. The first-order valence-corrected chi connectivity index (χ1v) is 5.11. The fourth-order valence-electron chi connectivity index (χ4n) is 1.17. The molecule has 0 aromatic carbocycles. The molecule has 1 aromatic rings. The number of aromatic nitrogens is 1. The third-order valence-electron chi connectivity index (χ3n) is 1.87. The molecule has 0 radical (unpaired) electrons. The van der Waals surface area contributed by atoms with Crippen LogP contribution in [0.1, 0.15) is 16.1 Å². The molecule has 88 valence electrons. The zero-order valence-electron chi connectivity index (χ0n) is 8.86. The monoisotopic (exact) mass is 244 g/mol. The van der Waals surface area contributed by atoms with Gasteiger partial charge >= 0.3 is 5.97 Å². The second-order valence-electron chi connectivity index (χ2n) is 3.08. The molecule has 5 nitrogen and oxygen atoms in total.